The summed E-state index contributed by atoms with van der Waals surface area (Å²) in [6.45, 7) is 6.84. The molecule has 1 aliphatic heterocycles. The summed E-state index contributed by atoms with van der Waals surface area (Å²) < 4.78 is 47.1. The topological polar surface area (TPSA) is 46.6 Å². The second-order valence-electron chi connectivity index (χ2n) is 10.0. The van der Waals surface area contributed by atoms with E-state index in [1.54, 1.807) is 51.1 Å². The highest BCUT2D eigenvalue weighted by Gasteiger charge is 2.50. The van der Waals surface area contributed by atoms with Gasteiger partial charge in [-0.25, -0.2) is 9.69 Å². The van der Waals surface area contributed by atoms with Gasteiger partial charge in [0.25, 0.3) is 0 Å². The highest BCUT2D eigenvalue weighted by molar-refractivity contribution is 5.97. The number of unbranched alkanes of at least 4 members (excludes halogenated alkanes) is 7. The molecular weight excluding hydrogens is 443 g/mol. The van der Waals surface area contributed by atoms with Crippen LogP contribution in [0.3, 0.4) is 0 Å². The first kappa shape index (κ1) is 27.9. The molecule has 0 aliphatic carbocycles. The van der Waals surface area contributed by atoms with Crippen molar-refractivity contribution in [1.82, 2.24) is 4.90 Å². The Balaban J connectivity index is 2.27. The second kappa shape index (κ2) is 12.4. The standard InChI is InChI=1S/C27H38F3NO3/c1-5-6-7-8-9-10-11-15-18-21-22(20-16-13-12-14-17-20)19-23(27(28,29)30)31(24(21)32)25(33)34-26(2,3)4/h12-14,16-17,19,21-22H,5-11,15,18H2,1-4H3/t21-,22+/m0/s1. The monoisotopic (exact) mass is 481 g/mol. The van der Waals surface area contributed by atoms with E-state index in [4.69, 9.17) is 4.74 Å². The summed E-state index contributed by atoms with van der Waals surface area (Å²) >= 11 is 0. The summed E-state index contributed by atoms with van der Waals surface area (Å²) in [6.07, 6.45) is 3.83. The van der Waals surface area contributed by atoms with E-state index in [1.807, 2.05) is 0 Å². The average molecular weight is 482 g/mol. The highest BCUT2D eigenvalue weighted by Crippen LogP contribution is 2.43. The summed E-state index contributed by atoms with van der Waals surface area (Å²) in [4.78, 5) is 26.3. The van der Waals surface area contributed by atoms with Crippen LogP contribution < -0.4 is 0 Å². The van der Waals surface area contributed by atoms with Gasteiger partial charge in [-0.2, -0.15) is 13.2 Å². The maximum absolute atomic E-state index is 14.0. The van der Waals surface area contributed by atoms with Gasteiger partial charge in [0.2, 0.25) is 5.91 Å². The second-order valence-corrected chi connectivity index (χ2v) is 10.0. The number of rotatable bonds is 10. The van der Waals surface area contributed by atoms with Gasteiger partial charge in [-0.05, 0) is 38.8 Å². The fourth-order valence-corrected chi connectivity index (χ4v) is 4.32. The first-order valence-corrected chi connectivity index (χ1v) is 12.4. The number of amides is 2. The Hall–Kier alpha value is -2.31. The van der Waals surface area contributed by atoms with Crippen molar-refractivity contribution in [3.05, 3.63) is 47.7 Å². The first-order valence-electron chi connectivity index (χ1n) is 12.4. The molecule has 1 aromatic carbocycles. The maximum Gasteiger partial charge on any atom is 0.431 e. The van der Waals surface area contributed by atoms with Crippen LogP contribution in [0.1, 0.15) is 97.0 Å². The summed E-state index contributed by atoms with van der Waals surface area (Å²) in [5.41, 5.74) is -1.67. The Bertz CT molecular complexity index is 828. The molecule has 1 aliphatic rings. The van der Waals surface area contributed by atoms with Gasteiger partial charge in [-0.15, -0.1) is 0 Å². The molecule has 2 atom stereocenters. The predicted octanol–water partition coefficient (Wildman–Crippen LogP) is 8.14. The fourth-order valence-electron chi connectivity index (χ4n) is 4.32. The molecule has 0 saturated carbocycles. The third kappa shape index (κ3) is 8.17. The van der Waals surface area contributed by atoms with Gasteiger partial charge in [0.1, 0.15) is 11.3 Å². The number of allylic oxidation sites excluding steroid dienone is 2. The largest absolute Gasteiger partial charge is 0.443 e. The lowest BCUT2D eigenvalue weighted by atomic mass is 9.78. The lowest BCUT2D eigenvalue weighted by molar-refractivity contribution is -0.147. The number of carbonyl (C=O) groups excluding carboxylic acids is 2. The molecule has 7 heteroatoms. The molecule has 190 valence electrons. The zero-order valence-electron chi connectivity index (χ0n) is 20.8. The zero-order valence-corrected chi connectivity index (χ0v) is 20.8. The number of nitrogens with zero attached hydrogens (tertiary/aromatic N) is 1. The molecule has 2 rings (SSSR count). The molecule has 0 aromatic heterocycles. The fraction of sp³-hybridized carbons (Fsp3) is 0.630. The van der Waals surface area contributed by atoms with Gasteiger partial charge < -0.3 is 4.74 Å². The lowest BCUT2D eigenvalue weighted by Crippen LogP contribution is -2.50. The van der Waals surface area contributed by atoms with Crippen LogP contribution in [0.2, 0.25) is 0 Å². The molecule has 0 fully saturated rings. The molecule has 0 bridgehead atoms. The SMILES string of the molecule is CCCCCCCCCC[C@@H]1C(=O)N(C(=O)OC(C)(C)C)C(C(F)(F)F)=C[C@@H]1c1ccccc1. The van der Waals surface area contributed by atoms with Crippen LogP contribution in [0.5, 0.6) is 0 Å². The van der Waals surface area contributed by atoms with Crippen molar-refractivity contribution in [2.45, 2.75) is 103 Å². The molecule has 1 aromatic rings. The number of hydrogen-bond donors (Lipinski definition) is 0. The molecule has 0 unspecified atom stereocenters. The molecule has 2 amide bonds. The van der Waals surface area contributed by atoms with Gasteiger partial charge in [0.15, 0.2) is 0 Å². The number of ether oxygens (including phenoxy) is 1. The van der Waals surface area contributed by atoms with E-state index in [1.165, 1.54) is 25.7 Å². The smallest absolute Gasteiger partial charge is 0.431 e. The van der Waals surface area contributed by atoms with Crippen LogP contribution in [0, 0.1) is 5.92 Å². The van der Waals surface area contributed by atoms with Gasteiger partial charge >= 0.3 is 12.3 Å². The van der Waals surface area contributed by atoms with E-state index < -0.39 is 41.3 Å². The Labute approximate surface area is 201 Å². The number of alkyl halides is 3. The van der Waals surface area contributed by atoms with E-state index in [-0.39, 0.29) is 4.90 Å². The van der Waals surface area contributed by atoms with Crippen molar-refractivity contribution in [2.75, 3.05) is 0 Å². The normalized spacial score (nSPS) is 19.2. The number of benzene rings is 1. The van der Waals surface area contributed by atoms with E-state index in [0.29, 0.717) is 18.4 Å². The van der Waals surface area contributed by atoms with Gasteiger partial charge in [0.05, 0.1) is 0 Å². The molecular formula is C27H38F3NO3. The molecule has 34 heavy (non-hydrogen) atoms. The van der Waals surface area contributed by atoms with Crippen LogP contribution in [0.25, 0.3) is 0 Å². The quantitative estimate of drug-likeness (QED) is 0.317. The van der Waals surface area contributed by atoms with Crippen molar-refractivity contribution < 1.29 is 27.5 Å². The third-order valence-electron chi connectivity index (χ3n) is 5.97. The average Bonchev–Trinajstić information content (AvgIpc) is 2.74. The molecule has 0 saturated heterocycles. The summed E-state index contributed by atoms with van der Waals surface area (Å²) in [7, 11) is 0. The van der Waals surface area contributed by atoms with Gasteiger partial charge in [0, 0.05) is 11.8 Å². The molecule has 0 N–H and O–H groups in total. The van der Waals surface area contributed by atoms with Crippen LogP contribution in [0.15, 0.2) is 42.1 Å². The number of hydrogen-bond acceptors (Lipinski definition) is 3. The first-order chi connectivity index (χ1) is 16.0. The molecule has 4 nitrogen and oxygen atoms in total. The van der Waals surface area contributed by atoms with E-state index in [2.05, 4.69) is 6.92 Å². The van der Waals surface area contributed by atoms with Gasteiger partial charge in [-0.1, -0.05) is 88.6 Å². The van der Waals surface area contributed by atoms with Crippen molar-refractivity contribution in [3.63, 3.8) is 0 Å². The van der Waals surface area contributed by atoms with Crippen molar-refractivity contribution >= 4 is 12.0 Å². The minimum Gasteiger partial charge on any atom is -0.443 e. The van der Waals surface area contributed by atoms with Gasteiger partial charge in [-0.3, -0.25) is 4.79 Å². The van der Waals surface area contributed by atoms with Crippen molar-refractivity contribution in [2.24, 2.45) is 5.92 Å². The Kier molecular flexibility index (Phi) is 10.2. The highest BCUT2D eigenvalue weighted by atomic mass is 19.4. The van der Waals surface area contributed by atoms with E-state index in [0.717, 1.165) is 25.3 Å². The minimum absolute atomic E-state index is 0.208. The minimum atomic E-state index is -4.87. The molecule has 0 spiro atoms. The zero-order chi connectivity index (χ0) is 25.4. The van der Waals surface area contributed by atoms with E-state index >= 15 is 0 Å². The summed E-state index contributed by atoms with van der Waals surface area (Å²) in [5, 5.41) is 0. The third-order valence-corrected chi connectivity index (χ3v) is 5.97. The Morgan fingerprint density at radius 2 is 1.50 bits per heavy atom. The Morgan fingerprint density at radius 3 is 2.03 bits per heavy atom. The van der Waals surface area contributed by atoms with Crippen molar-refractivity contribution in [3.8, 4) is 0 Å². The molecule has 1 heterocycles. The van der Waals surface area contributed by atoms with Crippen molar-refractivity contribution in [1.29, 1.82) is 0 Å². The van der Waals surface area contributed by atoms with Crippen LogP contribution in [-0.4, -0.2) is 28.7 Å². The summed E-state index contributed by atoms with van der Waals surface area (Å²) in [5.74, 6) is -2.37. The van der Waals surface area contributed by atoms with Crippen LogP contribution in [0.4, 0.5) is 18.0 Å². The number of halogens is 3. The van der Waals surface area contributed by atoms with Crippen LogP contribution >= 0.6 is 0 Å². The van der Waals surface area contributed by atoms with E-state index in [9.17, 15) is 22.8 Å². The Morgan fingerprint density at radius 1 is 0.941 bits per heavy atom. The lowest BCUT2D eigenvalue weighted by Gasteiger charge is -2.37. The number of imide groups is 1. The summed E-state index contributed by atoms with van der Waals surface area (Å²) in [6, 6.07) is 8.73. The maximum atomic E-state index is 14.0. The van der Waals surface area contributed by atoms with Crippen LogP contribution in [-0.2, 0) is 9.53 Å². The number of carbonyl (C=O) groups is 2. The molecule has 0 radical (unpaired) electrons. The predicted molar refractivity (Wildman–Crippen MR) is 127 cm³/mol.